The maximum absolute atomic E-state index is 14.4. The van der Waals surface area contributed by atoms with Crippen molar-refractivity contribution in [3.05, 3.63) is 34.1 Å². The predicted octanol–water partition coefficient (Wildman–Crippen LogP) is 3.39. The molecule has 0 spiro atoms. The van der Waals surface area contributed by atoms with E-state index in [1.54, 1.807) is 17.8 Å². The highest BCUT2D eigenvalue weighted by Crippen LogP contribution is 2.29. The lowest BCUT2D eigenvalue weighted by molar-refractivity contribution is 0.180. The molecule has 1 aromatic heterocycles. The summed E-state index contributed by atoms with van der Waals surface area (Å²) in [5.41, 5.74) is -0.119. The lowest BCUT2D eigenvalue weighted by Gasteiger charge is -2.25. The fourth-order valence-corrected chi connectivity index (χ4v) is 6.11. The Morgan fingerprint density at radius 2 is 2.04 bits per heavy atom. The number of rotatable bonds is 6. The molecule has 2 heterocycles. The molecular weight excluding hydrogens is 387 g/mol. The largest absolute Gasteiger partial charge is 0.493 e. The van der Waals surface area contributed by atoms with Crippen LogP contribution in [0.15, 0.2) is 16.9 Å². The van der Waals surface area contributed by atoms with E-state index in [9.17, 15) is 13.4 Å². The van der Waals surface area contributed by atoms with Gasteiger partial charge in [-0.1, -0.05) is 6.42 Å². The Hall–Kier alpha value is -1.41. The van der Waals surface area contributed by atoms with Crippen molar-refractivity contribution < 1.29 is 13.3 Å². The molecule has 4 rings (SSSR count). The summed E-state index contributed by atoms with van der Waals surface area (Å²) in [5, 5.41) is 0.408. The summed E-state index contributed by atoms with van der Waals surface area (Å²) in [4.78, 5) is 19.5. The van der Waals surface area contributed by atoms with Crippen LogP contribution >= 0.6 is 11.8 Å². The van der Waals surface area contributed by atoms with Gasteiger partial charge in [0.25, 0.3) is 5.56 Å². The highest BCUT2D eigenvalue weighted by Gasteiger charge is 2.20. The van der Waals surface area contributed by atoms with E-state index in [1.807, 2.05) is 0 Å². The van der Waals surface area contributed by atoms with Gasteiger partial charge in [0, 0.05) is 39.7 Å². The highest BCUT2D eigenvalue weighted by molar-refractivity contribution is 7.99. The van der Waals surface area contributed by atoms with Crippen LogP contribution in [0.4, 0.5) is 4.39 Å². The van der Waals surface area contributed by atoms with Crippen LogP contribution in [0.5, 0.6) is 5.75 Å². The molecule has 0 radical (unpaired) electrons. The zero-order valence-corrected chi connectivity index (χ0v) is 16.7. The van der Waals surface area contributed by atoms with E-state index >= 15 is 0 Å². The molecule has 27 heavy (non-hydrogen) atoms. The summed E-state index contributed by atoms with van der Waals surface area (Å²) in [6.07, 6.45) is 5.38. The van der Waals surface area contributed by atoms with Gasteiger partial charge in [0.1, 0.15) is 22.8 Å². The van der Waals surface area contributed by atoms with Crippen LogP contribution in [-0.2, 0) is 16.6 Å². The summed E-state index contributed by atoms with van der Waals surface area (Å²) in [6.45, 7) is 0.583. The van der Waals surface area contributed by atoms with Crippen LogP contribution in [0.2, 0.25) is 0 Å². The number of H-pyrrole nitrogens is 1. The molecule has 1 saturated carbocycles. The number of ether oxygens (including phenoxy) is 1. The van der Waals surface area contributed by atoms with Crippen LogP contribution in [0, 0.1) is 11.7 Å². The molecular formula is C19H23FN2O3S2. The number of hydrogen-bond donors (Lipinski definition) is 1. The summed E-state index contributed by atoms with van der Waals surface area (Å²) in [6, 6.07) is 2.93. The van der Waals surface area contributed by atoms with Gasteiger partial charge >= 0.3 is 0 Å². The Kier molecular flexibility index (Phi) is 5.82. The molecule has 0 unspecified atom stereocenters. The van der Waals surface area contributed by atoms with Gasteiger partial charge in [-0.3, -0.25) is 9.00 Å². The van der Waals surface area contributed by atoms with Crippen LogP contribution in [0.1, 0.15) is 37.9 Å². The van der Waals surface area contributed by atoms with Gasteiger partial charge in [0.05, 0.1) is 17.9 Å². The van der Waals surface area contributed by atoms with Crippen LogP contribution in [0.25, 0.3) is 10.9 Å². The fourth-order valence-electron chi connectivity index (χ4n) is 3.41. The number of halogens is 1. The topological polar surface area (TPSA) is 72.0 Å². The van der Waals surface area contributed by atoms with Gasteiger partial charge in [0.15, 0.2) is 0 Å². The van der Waals surface area contributed by atoms with Crippen molar-refractivity contribution in [2.45, 2.75) is 43.1 Å². The first kappa shape index (κ1) is 18.9. The number of fused-ring (bicyclic) bond motifs is 1. The number of nitrogens with one attached hydrogen (secondary N) is 1. The number of aromatic nitrogens is 2. The normalized spacial score (nSPS) is 23.3. The van der Waals surface area contributed by atoms with Crippen molar-refractivity contribution in [3.63, 3.8) is 0 Å². The molecule has 1 aliphatic heterocycles. The second-order valence-corrected chi connectivity index (χ2v) is 10.3. The standard InChI is InChI=1S/C19H23FN2O3S2/c20-15-8-13(25-10-12-2-1-3-12)9-16-18(15)19(23)22-17(21-16)11-26-14-4-6-27(24)7-5-14/h8-9,12,14H,1-7,10-11H2,(H,21,22,23). The summed E-state index contributed by atoms with van der Waals surface area (Å²) < 4.78 is 31.6. The first-order valence-electron chi connectivity index (χ1n) is 9.40. The Morgan fingerprint density at radius 3 is 2.74 bits per heavy atom. The second kappa shape index (κ2) is 8.31. The summed E-state index contributed by atoms with van der Waals surface area (Å²) >= 11 is 1.71. The van der Waals surface area contributed by atoms with Crippen LogP contribution in [0.3, 0.4) is 0 Å². The van der Waals surface area contributed by atoms with Gasteiger partial charge in [-0.05, 0) is 31.6 Å². The lowest BCUT2D eigenvalue weighted by atomic mass is 9.86. The number of nitrogens with zero attached hydrogens (tertiary/aromatic N) is 1. The molecule has 0 bridgehead atoms. The fraction of sp³-hybridized carbons (Fsp3) is 0.579. The summed E-state index contributed by atoms with van der Waals surface area (Å²) in [5.74, 6) is 2.96. The third-order valence-corrected chi connectivity index (χ3v) is 8.05. The Balaban J connectivity index is 1.49. The van der Waals surface area contributed by atoms with E-state index in [-0.39, 0.29) is 5.39 Å². The van der Waals surface area contributed by atoms with E-state index in [1.165, 1.54) is 12.5 Å². The molecule has 2 fully saturated rings. The molecule has 146 valence electrons. The monoisotopic (exact) mass is 410 g/mol. The van der Waals surface area contributed by atoms with E-state index < -0.39 is 22.2 Å². The molecule has 1 saturated heterocycles. The smallest absolute Gasteiger partial charge is 0.261 e. The van der Waals surface area contributed by atoms with Gasteiger partial charge < -0.3 is 9.72 Å². The van der Waals surface area contributed by atoms with Gasteiger partial charge in [-0.15, -0.1) is 0 Å². The van der Waals surface area contributed by atoms with Gasteiger partial charge in [-0.2, -0.15) is 11.8 Å². The number of hydrogen-bond acceptors (Lipinski definition) is 5. The van der Waals surface area contributed by atoms with Crippen LogP contribution in [-0.4, -0.2) is 37.5 Å². The predicted molar refractivity (Wildman–Crippen MR) is 107 cm³/mol. The highest BCUT2D eigenvalue weighted by atomic mass is 32.2. The number of benzene rings is 1. The van der Waals surface area contributed by atoms with Crippen molar-refractivity contribution in [2.24, 2.45) is 5.92 Å². The third-order valence-electron chi connectivity index (χ3n) is 5.28. The van der Waals surface area contributed by atoms with Crippen molar-refractivity contribution in [1.82, 2.24) is 9.97 Å². The van der Waals surface area contributed by atoms with E-state index in [4.69, 9.17) is 4.74 Å². The first-order chi connectivity index (χ1) is 13.1. The summed E-state index contributed by atoms with van der Waals surface area (Å²) in [7, 11) is -0.681. The number of thioether (sulfide) groups is 1. The molecule has 0 atom stereocenters. The van der Waals surface area contributed by atoms with Crippen LogP contribution < -0.4 is 10.3 Å². The SMILES string of the molecule is O=c1[nH]c(CSC2CCS(=O)CC2)nc2cc(OCC3CCC3)cc(F)c12. The quantitative estimate of drug-likeness (QED) is 0.790. The Morgan fingerprint density at radius 1 is 1.26 bits per heavy atom. The minimum atomic E-state index is -0.681. The van der Waals surface area contributed by atoms with Crippen molar-refractivity contribution in [2.75, 3.05) is 18.1 Å². The average Bonchev–Trinajstić information content (AvgIpc) is 2.59. The second-order valence-electron chi connectivity index (χ2n) is 7.28. The molecule has 1 aliphatic carbocycles. The molecule has 1 N–H and O–H groups in total. The van der Waals surface area contributed by atoms with Crippen molar-refractivity contribution in [3.8, 4) is 5.75 Å². The zero-order valence-electron chi connectivity index (χ0n) is 15.0. The molecule has 1 aromatic carbocycles. The molecule has 2 aromatic rings. The molecule has 5 nitrogen and oxygen atoms in total. The number of aromatic amines is 1. The Bertz CT molecular complexity index is 904. The minimum absolute atomic E-state index is 0.0205. The van der Waals surface area contributed by atoms with Crippen molar-refractivity contribution >= 4 is 33.5 Å². The van der Waals surface area contributed by atoms with E-state index in [2.05, 4.69) is 9.97 Å². The average molecular weight is 411 g/mol. The maximum atomic E-state index is 14.4. The third kappa shape index (κ3) is 4.54. The molecule has 2 aliphatic rings. The first-order valence-corrected chi connectivity index (χ1v) is 11.9. The van der Waals surface area contributed by atoms with E-state index in [0.29, 0.717) is 40.6 Å². The van der Waals surface area contributed by atoms with Gasteiger partial charge in [0.2, 0.25) is 0 Å². The maximum Gasteiger partial charge on any atom is 0.261 e. The van der Waals surface area contributed by atoms with E-state index in [0.717, 1.165) is 37.2 Å². The van der Waals surface area contributed by atoms with Crippen molar-refractivity contribution in [1.29, 1.82) is 0 Å². The zero-order chi connectivity index (χ0) is 18.8. The molecule has 8 heteroatoms. The molecule has 0 amide bonds. The van der Waals surface area contributed by atoms with Gasteiger partial charge in [-0.25, -0.2) is 9.37 Å². The minimum Gasteiger partial charge on any atom is -0.493 e. The lowest BCUT2D eigenvalue weighted by Crippen LogP contribution is -2.21. The Labute approximate surface area is 163 Å².